The van der Waals surface area contributed by atoms with E-state index in [1.165, 1.54) is 6.07 Å². The number of rotatable bonds is 4. The van der Waals surface area contributed by atoms with Gasteiger partial charge in [-0.2, -0.15) is 4.31 Å². The number of halogens is 1. The SMILES string of the molecule is C#CCN(C1CCS(=O)(=O)C1)S(=O)(=O)c1ncccc1F. The molecule has 1 aromatic rings. The Balaban J connectivity index is 2.43. The lowest BCUT2D eigenvalue weighted by atomic mass is 10.3. The van der Waals surface area contributed by atoms with E-state index in [-0.39, 0.29) is 24.5 Å². The second kappa shape index (κ2) is 5.71. The van der Waals surface area contributed by atoms with Crippen LogP contribution in [0.15, 0.2) is 23.4 Å². The van der Waals surface area contributed by atoms with Gasteiger partial charge in [0.25, 0.3) is 10.0 Å². The van der Waals surface area contributed by atoms with Crippen LogP contribution in [0.25, 0.3) is 0 Å². The lowest BCUT2D eigenvalue weighted by Gasteiger charge is -2.24. The molecular weight excluding hydrogens is 319 g/mol. The summed E-state index contributed by atoms with van der Waals surface area (Å²) < 4.78 is 62.5. The summed E-state index contributed by atoms with van der Waals surface area (Å²) in [7, 11) is -7.59. The van der Waals surface area contributed by atoms with Gasteiger partial charge in [-0.15, -0.1) is 6.42 Å². The summed E-state index contributed by atoms with van der Waals surface area (Å²) in [5.41, 5.74) is 0. The van der Waals surface area contributed by atoms with Gasteiger partial charge in [-0.1, -0.05) is 5.92 Å². The largest absolute Gasteiger partial charge is 0.264 e. The molecule has 2 rings (SSSR count). The van der Waals surface area contributed by atoms with E-state index in [1.54, 1.807) is 0 Å². The number of sulfone groups is 1. The summed E-state index contributed by atoms with van der Waals surface area (Å²) >= 11 is 0. The van der Waals surface area contributed by atoms with E-state index in [0.29, 0.717) is 0 Å². The lowest BCUT2D eigenvalue weighted by Crippen LogP contribution is -2.42. The van der Waals surface area contributed by atoms with Gasteiger partial charge in [0.2, 0.25) is 5.03 Å². The van der Waals surface area contributed by atoms with Gasteiger partial charge in [-0.25, -0.2) is 26.2 Å². The first-order valence-corrected chi connectivity index (χ1v) is 9.30. The third-order valence-electron chi connectivity index (χ3n) is 3.14. The molecule has 1 aromatic heterocycles. The number of aromatic nitrogens is 1. The number of pyridine rings is 1. The summed E-state index contributed by atoms with van der Waals surface area (Å²) in [6.07, 6.45) is 6.44. The van der Waals surface area contributed by atoms with E-state index < -0.39 is 36.7 Å². The standard InChI is InChI=1S/C12H13FN2O4S2/c1-2-7-15(10-5-8-20(16,17)9-10)21(18,19)12-11(13)4-3-6-14-12/h1,3-4,6,10H,5,7-9H2. The third-order valence-corrected chi connectivity index (χ3v) is 6.72. The molecule has 0 amide bonds. The maximum atomic E-state index is 13.7. The summed E-state index contributed by atoms with van der Waals surface area (Å²) in [6, 6.07) is 1.44. The maximum Gasteiger partial charge on any atom is 0.264 e. The second-order valence-corrected chi connectivity index (χ2v) is 8.64. The zero-order valence-corrected chi connectivity index (χ0v) is 12.6. The van der Waals surface area contributed by atoms with Gasteiger partial charge >= 0.3 is 0 Å². The normalized spacial score (nSPS) is 21.3. The van der Waals surface area contributed by atoms with Gasteiger partial charge < -0.3 is 0 Å². The molecule has 1 aliphatic heterocycles. The van der Waals surface area contributed by atoms with Crippen LogP contribution in [0.3, 0.4) is 0 Å². The van der Waals surface area contributed by atoms with E-state index in [4.69, 9.17) is 6.42 Å². The highest BCUT2D eigenvalue weighted by molar-refractivity contribution is 7.92. The van der Waals surface area contributed by atoms with Crippen molar-refractivity contribution in [3.05, 3.63) is 24.1 Å². The summed E-state index contributed by atoms with van der Waals surface area (Å²) in [5, 5.41) is -0.746. The Morgan fingerprint density at radius 3 is 2.76 bits per heavy atom. The Labute approximate surface area is 123 Å². The van der Waals surface area contributed by atoms with Crippen molar-refractivity contribution in [2.75, 3.05) is 18.1 Å². The molecular formula is C12H13FN2O4S2. The smallest absolute Gasteiger partial charge is 0.241 e. The van der Waals surface area contributed by atoms with Crippen LogP contribution in [0.2, 0.25) is 0 Å². The molecule has 21 heavy (non-hydrogen) atoms. The van der Waals surface area contributed by atoms with E-state index in [0.717, 1.165) is 16.6 Å². The Kier molecular flexibility index (Phi) is 4.32. The van der Waals surface area contributed by atoms with Gasteiger partial charge in [0.15, 0.2) is 15.7 Å². The number of hydrogen-bond donors (Lipinski definition) is 0. The number of sulfonamides is 1. The first-order chi connectivity index (χ1) is 9.78. The second-order valence-electron chi connectivity index (χ2n) is 4.60. The minimum Gasteiger partial charge on any atom is -0.241 e. The number of terminal acetylenes is 1. The summed E-state index contributed by atoms with van der Waals surface area (Å²) in [6.45, 7) is -0.335. The predicted molar refractivity (Wildman–Crippen MR) is 74.0 cm³/mol. The van der Waals surface area contributed by atoms with Gasteiger partial charge in [0, 0.05) is 12.2 Å². The van der Waals surface area contributed by atoms with E-state index in [2.05, 4.69) is 10.9 Å². The van der Waals surface area contributed by atoms with Gasteiger partial charge in [0.1, 0.15) is 0 Å². The molecule has 6 nitrogen and oxygen atoms in total. The van der Waals surface area contributed by atoms with Crippen LogP contribution in [-0.4, -0.2) is 50.2 Å². The van der Waals surface area contributed by atoms with Crippen LogP contribution in [0.1, 0.15) is 6.42 Å². The molecule has 2 heterocycles. The van der Waals surface area contributed by atoms with Crippen LogP contribution in [0.5, 0.6) is 0 Å². The highest BCUT2D eigenvalue weighted by Crippen LogP contribution is 2.24. The zero-order chi connectivity index (χ0) is 15.7. The van der Waals surface area contributed by atoms with Gasteiger partial charge in [-0.05, 0) is 18.6 Å². The van der Waals surface area contributed by atoms with Crippen molar-refractivity contribution >= 4 is 19.9 Å². The molecule has 0 radical (unpaired) electrons. The zero-order valence-electron chi connectivity index (χ0n) is 10.9. The summed E-state index contributed by atoms with van der Waals surface area (Å²) in [4.78, 5) is 3.54. The molecule has 1 aliphatic rings. The highest BCUT2D eigenvalue weighted by Gasteiger charge is 2.39. The Morgan fingerprint density at radius 2 is 2.24 bits per heavy atom. The monoisotopic (exact) mass is 332 g/mol. The minimum absolute atomic E-state index is 0.112. The van der Waals surface area contributed by atoms with Crippen LogP contribution in [0, 0.1) is 18.2 Å². The molecule has 0 saturated carbocycles. The van der Waals surface area contributed by atoms with Crippen molar-refractivity contribution < 1.29 is 21.2 Å². The van der Waals surface area contributed by atoms with E-state index in [1.807, 2.05) is 0 Å². The van der Waals surface area contributed by atoms with Crippen molar-refractivity contribution in [1.82, 2.24) is 9.29 Å². The van der Waals surface area contributed by atoms with Crippen LogP contribution >= 0.6 is 0 Å². The van der Waals surface area contributed by atoms with Crippen LogP contribution in [-0.2, 0) is 19.9 Å². The number of nitrogens with zero attached hydrogens (tertiary/aromatic N) is 2. The Hall–Kier alpha value is -1.50. The molecule has 1 fully saturated rings. The Morgan fingerprint density at radius 1 is 1.52 bits per heavy atom. The molecule has 1 saturated heterocycles. The highest BCUT2D eigenvalue weighted by atomic mass is 32.2. The average molecular weight is 332 g/mol. The molecule has 0 N–H and O–H groups in total. The Bertz CT molecular complexity index is 784. The van der Waals surface area contributed by atoms with Crippen molar-refractivity contribution in [1.29, 1.82) is 0 Å². The fraction of sp³-hybridized carbons (Fsp3) is 0.417. The number of hydrogen-bond acceptors (Lipinski definition) is 5. The van der Waals surface area contributed by atoms with Crippen LogP contribution < -0.4 is 0 Å². The molecule has 1 unspecified atom stereocenters. The maximum absolute atomic E-state index is 13.7. The minimum atomic E-state index is -4.29. The predicted octanol–water partition coefficient (Wildman–Crippen LogP) is 0.0317. The molecule has 1 atom stereocenters. The van der Waals surface area contributed by atoms with E-state index in [9.17, 15) is 21.2 Å². The van der Waals surface area contributed by atoms with Crippen molar-refractivity contribution in [2.24, 2.45) is 0 Å². The van der Waals surface area contributed by atoms with Gasteiger partial charge in [-0.3, -0.25) is 0 Å². The molecule has 0 aromatic carbocycles. The quantitative estimate of drug-likeness (QED) is 0.727. The molecule has 0 spiro atoms. The first kappa shape index (κ1) is 15.9. The van der Waals surface area contributed by atoms with Crippen molar-refractivity contribution in [2.45, 2.75) is 17.5 Å². The van der Waals surface area contributed by atoms with Crippen molar-refractivity contribution in [3.63, 3.8) is 0 Å². The molecule has 114 valence electrons. The van der Waals surface area contributed by atoms with Crippen LogP contribution in [0.4, 0.5) is 4.39 Å². The van der Waals surface area contributed by atoms with E-state index >= 15 is 0 Å². The fourth-order valence-electron chi connectivity index (χ4n) is 2.17. The third kappa shape index (κ3) is 3.23. The lowest BCUT2D eigenvalue weighted by molar-refractivity contribution is 0.367. The van der Waals surface area contributed by atoms with Gasteiger partial charge in [0.05, 0.1) is 18.1 Å². The molecule has 0 bridgehead atoms. The average Bonchev–Trinajstić information content (AvgIpc) is 2.76. The molecule has 0 aliphatic carbocycles. The first-order valence-electron chi connectivity index (χ1n) is 6.04. The summed E-state index contributed by atoms with van der Waals surface area (Å²) in [5.74, 6) is 0.740. The fourth-order valence-corrected chi connectivity index (χ4v) is 5.55. The topological polar surface area (TPSA) is 84.4 Å². The van der Waals surface area contributed by atoms with Crippen molar-refractivity contribution in [3.8, 4) is 12.3 Å². The molecule has 9 heteroatoms.